The maximum Gasteiger partial charge on any atom is 0.335 e. The molecule has 0 atom stereocenters. The Hall–Kier alpha value is -1.81. The molecule has 0 aliphatic rings. The van der Waals surface area contributed by atoms with Crippen molar-refractivity contribution in [3.63, 3.8) is 0 Å². The van der Waals surface area contributed by atoms with E-state index in [1.807, 2.05) is 6.92 Å². The number of rotatable bonds is 4. The summed E-state index contributed by atoms with van der Waals surface area (Å²) in [5.74, 6) is -0.912. The van der Waals surface area contributed by atoms with Crippen molar-refractivity contribution in [2.45, 2.75) is 37.1 Å². The van der Waals surface area contributed by atoms with Crippen molar-refractivity contribution in [2.24, 2.45) is 0 Å². The highest BCUT2D eigenvalue weighted by atomic mass is 32.2. The van der Waals surface area contributed by atoms with Crippen LogP contribution in [0.3, 0.4) is 0 Å². The molecule has 104 valence electrons. The van der Waals surface area contributed by atoms with Crippen LogP contribution in [-0.4, -0.2) is 16.1 Å². The van der Waals surface area contributed by atoms with E-state index in [0.717, 1.165) is 22.0 Å². The van der Waals surface area contributed by atoms with Crippen LogP contribution in [0.5, 0.6) is 0 Å². The van der Waals surface area contributed by atoms with Gasteiger partial charge in [-0.1, -0.05) is 36.4 Å². The molecule has 2 rings (SSSR count). The van der Waals surface area contributed by atoms with Gasteiger partial charge in [-0.15, -0.1) is 0 Å². The number of benzene rings is 1. The fourth-order valence-electron chi connectivity index (χ4n) is 1.94. The highest BCUT2D eigenvalue weighted by molar-refractivity contribution is 7.99. The minimum atomic E-state index is -0.912. The lowest BCUT2D eigenvalue weighted by Gasteiger charge is -2.08. The number of nitrogens with zero attached hydrogens (tertiary/aromatic N) is 1. The second kappa shape index (κ2) is 6.09. The van der Waals surface area contributed by atoms with Gasteiger partial charge in [-0.3, -0.25) is 0 Å². The summed E-state index contributed by atoms with van der Waals surface area (Å²) in [5.41, 5.74) is 3.49. The fraction of sp³-hybridized carbons (Fsp3) is 0.250. The van der Waals surface area contributed by atoms with Gasteiger partial charge in [-0.2, -0.15) is 0 Å². The van der Waals surface area contributed by atoms with Crippen LogP contribution in [0.25, 0.3) is 0 Å². The van der Waals surface area contributed by atoms with E-state index in [4.69, 9.17) is 5.11 Å². The third-order valence-corrected chi connectivity index (χ3v) is 4.11. The number of carbonyl (C=O) groups is 1. The van der Waals surface area contributed by atoms with E-state index in [-0.39, 0.29) is 0 Å². The van der Waals surface area contributed by atoms with Crippen molar-refractivity contribution in [2.75, 3.05) is 0 Å². The van der Waals surface area contributed by atoms with E-state index in [2.05, 4.69) is 37.0 Å². The summed E-state index contributed by atoms with van der Waals surface area (Å²) in [5, 5.41) is 9.88. The maximum atomic E-state index is 11.1. The van der Waals surface area contributed by atoms with Crippen LogP contribution >= 0.6 is 11.8 Å². The molecule has 0 aliphatic carbocycles. The zero-order valence-corrected chi connectivity index (χ0v) is 12.6. The van der Waals surface area contributed by atoms with Gasteiger partial charge in [0, 0.05) is 10.6 Å². The lowest BCUT2D eigenvalue weighted by Crippen LogP contribution is -2.00. The molecule has 20 heavy (non-hydrogen) atoms. The van der Waals surface area contributed by atoms with Crippen LogP contribution in [0.1, 0.15) is 34.1 Å². The predicted molar refractivity (Wildman–Crippen MR) is 80.6 cm³/mol. The fourth-order valence-corrected chi connectivity index (χ4v) is 2.87. The first kappa shape index (κ1) is 14.6. The van der Waals surface area contributed by atoms with Gasteiger partial charge in [0.25, 0.3) is 0 Å². The van der Waals surface area contributed by atoms with E-state index in [1.165, 1.54) is 22.9 Å². The number of carboxylic acids is 1. The number of aromatic nitrogens is 1. The van der Waals surface area contributed by atoms with Gasteiger partial charge < -0.3 is 5.11 Å². The lowest BCUT2D eigenvalue weighted by molar-refractivity contribution is 0.0696. The van der Waals surface area contributed by atoms with Crippen molar-refractivity contribution >= 4 is 17.7 Å². The second-order valence-corrected chi connectivity index (χ2v) is 5.78. The molecule has 4 heteroatoms. The Bertz CT molecular complexity index is 653. The Balaban J connectivity index is 2.37. The summed E-state index contributed by atoms with van der Waals surface area (Å²) in [4.78, 5) is 16.7. The SMILES string of the molecule is CCc1cc(C(=O)O)cc(Sc2ccc(C)cc2C)n1. The lowest BCUT2D eigenvalue weighted by atomic mass is 10.2. The molecule has 0 spiro atoms. The van der Waals surface area contributed by atoms with Crippen LogP contribution in [0, 0.1) is 13.8 Å². The Kier molecular flexibility index (Phi) is 4.45. The minimum Gasteiger partial charge on any atom is -0.478 e. The van der Waals surface area contributed by atoms with Crippen molar-refractivity contribution in [1.29, 1.82) is 0 Å². The Morgan fingerprint density at radius 1 is 1.25 bits per heavy atom. The second-order valence-electron chi connectivity index (χ2n) is 4.72. The predicted octanol–water partition coefficient (Wildman–Crippen LogP) is 4.11. The largest absolute Gasteiger partial charge is 0.478 e. The molecule has 1 aromatic carbocycles. The summed E-state index contributed by atoms with van der Waals surface area (Å²) in [6.07, 6.45) is 0.724. The third-order valence-electron chi connectivity index (χ3n) is 3.01. The highest BCUT2D eigenvalue weighted by Gasteiger charge is 2.10. The van der Waals surface area contributed by atoms with Gasteiger partial charge in [0.15, 0.2) is 0 Å². The summed E-state index contributed by atoms with van der Waals surface area (Å²) in [6, 6.07) is 9.48. The van der Waals surface area contributed by atoms with Gasteiger partial charge in [0.2, 0.25) is 0 Å². The summed E-state index contributed by atoms with van der Waals surface area (Å²) in [7, 11) is 0. The smallest absolute Gasteiger partial charge is 0.335 e. The molecule has 0 amide bonds. The van der Waals surface area contributed by atoms with Crippen LogP contribution in [0.2, 0.25) is 0 Å². The Labute approximate surface area is 123 Å². The van der Waals surface area contributed by atoms with Crippen molar-refractivity contribution in [3.05, 3.63) is 52.7 Å². The molecule has 0 unspecified atom stereocenters. The number of aryl methyl sites for hydroxylation is 3. The van der Waals surface area contributed by atoms with E-state index in [1.54, 1.807) is 12.1 Å². The molecule has 0 aliphatic heterocycles. The van der Waals surface area contributed by atoms with Gasteiger partial charge in [-0.05, 0) is 44.0 Å². The van der Waals surface area contributed by atoms with Crippen LogP contribution in [0.4, 0.5) is 0 Å². The van der Waals surface area contributed by atoms with Crippen molar-refractivity contribution in [3.8, 4) is 0 Å². The number of pyridine rings is 1. The maximum absolute atomic E-state index is 11.1. The zero-order valence-electron chi connectivity index (χ0n) is 11.8. The molecule has 1 aromatic heterocycles. The molecule has 2 aromatic rings. The first-order valence-electron chi connectivity index (χ1n) is 6.49. The van der Waals surface area contributed by atoms with E-state index < -0.39 is 5.97 Å². The first-order valence-corrected chi connectivity index (χ1v) is 7.30. The monoisotopic (exact) mass is 287 g/mol. The third kappa shape index (κ3) is 3.39. The van der Waals surface area contributed by atoms with E-state index in [0.29, 0.717) is 5.56 Å². The normalized spacial score (nSPS) is 10.6. The topological polar surface area (TPSA) is 50.2 Å². The number of aromatic carboxylic acids is 1. The molecule has 0 saturated heterocycles. The Morgan fingerprint density at radius 2 is 2.00 bits per heavy atom. The van der Waals surface area contributed by atoms with Crippen molar-refractivity contribution < 1.29 is 9.90 Å². The van der Waals surface area contributed by atoms with E-state index >= 15 is 0 Å². The number of hydrogen-bond acceptors (Lipinski definition) is 3. The molecule has 0 bridgehead atoms. The molecule has 0 saturated carbocycles. The van der Waals surface area contributed by atoms with Gasteiger partial charge in [0.1, 0.15) is 5.03 Å². The summed E-state index contributed by atoms with van der Waals surface area (Å²) in [6.45, 7) is 6.08. The Morgan fingerprint density at radius 3 is 2.60 bits per heavy atom. The van der Waals surface area contributed by atoms with Gasteiger partial charge in [-0.25, -0.2) is 9.78 Å². The average molecular weight is 287 g/mol. The van der Waals surface area contributed by atoms with Gasteiger partial charge in [0.05, 0.1) is 5.56 Å². The summed E-state index contributed by atoms with van der Waals surface area (Å²) >= 11 is 1.51. The average Bonchev–Trinajstić information content (AvgIpc) is 2.41. The molecule has 3 nitrogen and oxygen atoms in total. The quantitative estimate of drug-likeness (QED) is 0.919. The molecule has 0 fully saturated rings. The number of hydrogen-bond donors (Lipinski definition) is 1. The molecule has 1 N–H and O–H groups in total. The molecular weight excluding hydrogens is 270 g/mol. The van der Waals surface area contributed by atoms with Crippen LogP contribution in [-0.2, 0) is 6.42 Å². The molecule has 1 heterocycles. The minimum absolute atomic E-state index is 0.295. The molecular formula is C16H17NO2S. The van der Waals surface area contributed by atoms with Crippen molar-refractivity contribution in [1.82, 2.24) is 4.98 Å². The van der Waals surface area contributed by atoms with Crippen LogP contribution < -0.4 is 0 Å². The number of carboxylic acid groups (broad SMARTS) is 1. The molecule has 0 radical (unpaired) electrons. The zero-order chi connectivity index (χ0) is 14.7. The van der Waals surface area contributed by atoms with Crippen LogP contribution in [0.15, 0.2) is 40.3 Å². The van der Waals surface area contributed by atoms with Gasteiger partial charge >= 0.3 is 5.97 Å². The summed E-state index contributed by atoms with van der Waals surface area (Å²) < 4.78 is 0. The standard InChI is InChI=1S/C16H17NO2S/c1-4-13-8-12(16(18)19)9-15(17-13)20-14-6-5-10(2)7-11(14)3/h5-9H,4H2,1-3H3,(H,18,19). The highest BCUT2D eigenvalue weighted by Crippen LogP contribution is 2.30. The first-order chi connectivity index (χ1) is 9.49. The van der Waals surface area contributed by atoms with E-state index in [9.17, 15) is 4.79 Å².